The van der Waals surface area contributed by atoms with E-state index in [9.17, 15) is 9.90 Å². The Kier molecular flexibility index (Phi) is 6.47. The molecule has 2 aromatic rings. The highest BCUT2D eigenvalue weighted by molar-refractivity contribution is 7.99. The van der Waals surface area contributed by atoms with Crippen molar-refractivity contribution in [1.82, 2.24) is 5.32 Å². The molecule has 0 spiro atoms. The Balaban J connectivity index is 1.65. The summed E-state index contributed by atoms with van der Waals surface area (Å²) in [6, 6.07) is 12.9. The fraction of sp³-hybridized carbons (Fsp3) is 0.350. The molecule has 1 fully saturated rings. The normalized spacial score (nSPS) is 18.9. The van der Waals surface area contributed by atoms with Crippen LogP contribution in [0.3, 0.4) is 0 Å². The summed E-state index contributed by atoms with van der Waals surface area (Å²) in [5.74, 6) is 1.68. The first-order valence-electron chi connectivity index (χ1n) is 8.68. The van der Waals surface area contributed by atoms with Crippen LogP contribution < -0.4 is 19.5 Å². The van der Waals surface area contributed by atoms with Crippen LogP contribution in [0.25, 0.3) is 0 Å². The van der Waals surface area contributed by atoms with Crippen LogP contribution in [0.1, 0.15) is 16.5 Å². The lowest BCUT2D eigenvalue weighted by Gasteiger charge is -2.19. The SMILES string of the molecule is COc1cccc(C2NC(C(=O)O)CS2)c1OCCOc1ccc(C)cc1. The van der Waals surface area contributed by atoms with Gasteiger partial charge in [-0.3, -0.25) is 10.1 Å². The number of methoxy groups -OCH3 is 1. The van der Waals surface area contributed by atoms with Gasteiger partial charge in [0.15, 0.2) is 11.5 Å². The maximum atomic E-state index is 11.2. The highest BCUT2D eigenvalue weighted by atomic mass is 32.2. The highest BCUT2D eigenvalue weighted by Gasteiger charge is 2.32. The average Bonchev–Trinajstić information content (AvgIpc) is 3.17. The maximum Gasteiger partial charge on any atom is 0.321 e. The van der Waals surface area contributed by atoms with Gasteiger partial charge in [-0.25, -0.2) is 0 Å². The molecule has 2 unspecified atom stereocenters. The zero-order valence-electron chi connectivity index (χ0n) is 15.3. The molecule has 7 heteroatoms. The molecule has 27 heavy (non-hydrogen) atoms. The standard InChI is InChI=1S/C20H23NO5S/c1-13-6-8-14(9-7-13)25-10-11-26-18-15(4-3-5-17(18)24-2)19-21-16(12-27-19)20(22)23/h3-9,16,19,21H,10-12H2,1-2H3,(H,22,23). The Morgan fingerprint density at radius 2 is 1.93 bits per heavy atom. The van der Waals surface area contributed by atoms with E-state index in [1.165, 1.54) is 5.56 Å². The van der Waals surface area contributed by atoms with Gasteiger partial charge in [0.05, 0.1) is 12.5 Å². The molecule has 6 nitrogen and oxygen atoms in total. The Bertz CT molecular complexity index is 780. The van der Waals surface area contributed by atoms with E-state index in [-0.39, 0.29) is 5.37 Å². The molecular weight excluding hydrogens is 366 g/mol. The number of ether oxygens (including phenoxy) is 3. The number of hydrogen-bond acceptors (Lipinski definition) is 6. The third kappa shape index (κ3) is 4.87. The number of thioether (sulfide) groups is 1. The van der Waals surface area contributed by atoms with Gasteiger partial charge in [-0.2, -0.15) is 0 Å². The number of aryl methyl sites for hydroxylation is 1. The summed E-state index contributed by atoms with van der Waals surface area (Å²) in [4.78, 5) is 11.2. The van der Waals surface area contributed by atoms with Crippen molar-refractivity contribution in [3.05, 3.63) is 53.6 Å². The minimum atomic E-state index is -0.845. The van der Waals surface area contributed by atoms with Crippen LogP contribution in [0.5, 0.6) is 17.2 Å². The topological polar surface area (TPSA) is 77.0 Å². The van der Waals surface area contributed by atoms with Crippen LogP contribution in [-0.4, -0.2) is 43.2 Å². The monoisotopic (exact) mass is 389 g/mol. The lowest BCUT2D eigenvalue weighted by Crippen LogP contribution is -2.33. The molecule has 0 aromatic heterocycles. The Hall–Kier alpha value is -2.38. The molecule has 2 N–H and O–H groups in total. The summed E-state index contributed by atoms with van der Waals surface area (Å²) in [5.41, 5.74) is 2.05. The molecule has 144 valence electrons. The minimum Gasteiger partial charge on any atom is -0.493 e. The molecule has 1 heterocycles. The first-order valence-corrected chi connectivity index (χ1v) is 9.73. The molecule has 0 aliphatic carbocycles. The predicted molar refractivity (Wildman–Crippen MR) is 105 cm³/mol. The second-order valence-electron chi connectivity index (χ2n) is 6.16. The number of benzene rings is 2. The quantitative estimate of drug-likeness (QED) is 0.671. The van der Waals surface area contributed by atoms with Gasteiger partial charge in [-0.05, 0) is 25.1 Å². The van der Waals surface area contributed by atoms with Gasteiger partial charge in [0.25, 0.3) is 0 Å². The number of carboxylic acids is 1. The van der Waals surface area contributed by atoms with E-state index in [0.717, 1.165) is 11.3 Å². The van der Waals surface area contributed by atoms with E-state index in [1.54, 1.807) is 18.9 Å². The first kappa shape index (κ1) is 19.4. The van der Waals surface area contributed by atoms with E-state index in [4.69, 9.17) is 14.2 Å². The zero-order valence-corrected chi connectivity index (χ0v) is 16.1. The molecule has 0 saturated carbocycles. The third-order valence-electron chi connectivity index (χ3n) is 4.21. The van der Waals surface area contributed by atoms with E-state index >= 15 is 0 Å². The van der Waals surface area contributed by atoms with Crippen molar-refractivity contribution in [3.8, 4) is 17.2 Å². The van der Waals surface area contributed by atoms with Gasteiger partial charge >= 0.3 is 5.97 Å². The largest absolute Gasteiger partial charge is 0.493 e. The predicted octanol–water partition coefficient (Wildman–Crippen LogP) is 3.25. The van der Waals surface area contributed by atoms with Crippen LogP contribution >= 0.6 is 11.8 Å². The zero-order chi connectivity index (χ0) is 19.2. The van der Waals surface area contributed by atoms with Gasteiger partial charge in [-0.1, -0.05) is 29.8 Å². The minimum absolute atomic E-state index is 0.158. The van der Waals surface area contributed by atoms with Crippen LogP contribution in [0.15, 0.2) is 42.5 Å². The number of para-hydroxylation sites is 1. The Morgan fingerprint density at radius 1 is 1.19 bits per heavy atom. The molecule has 1 aliphatic heterocycles. The fourth-order valence-electron chi connectivity index (χ4n) is 2.79. The van der Waals surface area contributed by atoms with Crippen molar-refractivity contribution >= 4 is 17.7 Å². The Morgan fingerprint density at radius 3 is 2.59 bits per heavy atom. The van der Waals surface area contributed by atoms with Crippen molar-refractivity contribution in [2.45, 2.75) is 18.3 Å². The molecule has 3 rings (SSSR count). The summed E-state index contributed by atoms with van der Waals surface area (Å²) in [5, 5.41) is 12.2. The number of aliphatic carboxylic acids is 1. The van der Waals surface area contributed by atoms with Crippen molar-refractivity contribution in [1.29, 1.82) is 0 Å². The second kappa shape index (κ2) is 9.01. The molecule has 1 aliphatic rings. The van der Waals surface area contributed by atoms with Crippen LogP contribution in [0, 0.1) is 6.92 Å². The van der Waals surface area contributed by atoms with Gasteiger partial charge < -0.3 is 19.3 Å². The third-order valence-corrected chi connectivity index (χ3v) is 5.46. The van der Waals surface area contributed by atoms with E-state index in [2.05, 4.69) is 5.32 Å². The number of carbonyl (C=O) groups is 1. The first-order chi connectivity index (χ1) is 13.1. The van der Waals surface area contributed by atoms with Gasteiger partial charge in [0.1, 0.15) is 25.0 Å². The molecular formula is C20H23NO5S. The summed E-state index contributed by atoms with van der Waals surface area (Å²) in [6.07, 6.45) is 0. The second-order valence-corrected chi connectivity index (χ2v) is 7.30. The molecule has 0 radical (unpaired) electrons. The van der Waals surface area contributed by atoms with Crippen molar-refractivity contribution < 1.29 is 24.1 Å². The fourth-order valence-corrected chi connectivity index (χ4v) is 4.04. The molecule has 2 aromatic carbocycles. The van der Waals surface area contributed by atoms with Crippen LogP contribution in [0.4, 0.5) is 0 Å². The summed E-state index contributed by atoms with van der Waals surface area (Å²) in [7, 11) is 1.59. The van der Waals surface area contributed by atoms with Crippen LogP contribution in [0.2, 0.25) is 0 Å². The van der Waals surface area contributed by atoms with Crippen molar-refractivity contribution in [2.75, 3.05) is 26.1 Å². The summed E-state index contributed by atoms with van der Waals surface area (Å²) < 4.78 is 17.1. The van der Waals surface area contributed by atoms with Gasteiger partial charge in [0.2, 0.25) is 0 Å². The number of hydrogen-bond donors (Lipinski definition) is 2. The molecule has 1 saturated heterocycles. The van der Waals surface area contributed by atoms with E-state index in [1.807, 2.05) is 49.4 Å². The maximum absolute atomic E-state index is 11.2. The van der Waals surface area contributed by atoms with Crippen molar-refractivity contribution in [2.24, 2.45) is 0 Å². The Labute approximate surface area is 162 Å². The summed E-state index contributed by atoms with van der Waals surface area (Å²) in [6.45, 7) is 2.77. The average molecular weight is 389 g/mol. The van der Waals surface area contributed by atoms with Gasteiger partial charge in [0, 0.05) is 11.3 Å². The van der Waals surface area contributed by atoms with Crippen molar-refractivity contribution in [3.63, 3.8) is 0 Å². The lowest BCUT2D eigenvalue weighted by molar-refractivity contribution is -0.138. The summed E-state index contributed by atoms with van der Waals surface area (Å²) >= 11 is 1.54. The highest BCUT2D eigenvalue weighted by Crippen LogP contribution is 2.42. The molecule has 0 amide bonds. The number of carboxylic acid groups (broad SMARTS) is 1. The van der Waals surface area contributed by atoms with Crippen LogP contribution in [-0.2, 0) is 4.79 Å². The lowest BCUT2D eigenvalue weighted by atomic mass is 10.1. The van der Waals surface area contributed by atoms with E-state index < -0.39 is 12.0 Å². The molecule has 2 atom stereocenters. The number of rotatable bonds is 8. The molecule has 0 bridgehead atoms. The smallest absolute Gasteiger partial charge is 0.321 e. The van der Waals surface area contributed by atoms with E-state index in [0.29, 0.717) is 30.5 Å². The van der Waals surface area contributed by atoms with Gasteiger partial charge in [-0.15, -0.1) is 11.8 Å². The number of nitrogens with one attached hydrogen (secondary N) is 1.